The lowest BCUT2D eigenvalue weighted by atomic mass is 9.56. The number of hydrogen-bond donors (Lipinski definition) is 1. The van der Waals surface area contributed by atoms with Gasteiger partial charge in [0.2, 0.25) is 11.8 Å². The summed E-state index contributed by atoms with van der Waals surface area (Å²) in [6.45, 7) is 5.39. The number of phenols is 1. The molecule has 4 amide bonds. The molecule has 8 nitrogen and oxygen atoms in total. The molecule has 0 unspecified atom stereocenters. The first-order valence-electron chi connectivity index (χ1n) is 11.9. The molecule has 2 heterocycles. The predicted octanol–water partition coefficient (Wildman–Crippen LogP) is 3.19. The van der Waals surface area contributed by atoms with E-state index in [4.69, 9.17) is 27.9 Å². The van der Waals surface area contributed by atoms with Crippen LogP contribution in [0.3, 0.4) is 0 Å². The topological polar surface area (TPSA) is 104 Å². The first-order valence-corrected chi connectivity index (χ1v) is 12.6. The third kappa shape index (κ3) is 2.88. The molecular weight excluding hydrogens is 507 g/mol. The fraction of sp³-hybridized carbons (Fsp3) is 0.538. The number of hydrogen-bond acceptors (Lipinski definition) is 6. The van der Waals surface area contributed by atoms with Gasteiger partial charge in [0, 0.05) is 24.1 Å². The smallest absolute Gasteiger partial charge is 0.253 e. The Kier molecular flexibility index (Phi) is 5.37. The van der Waals surface area contributed by atoms with Crippen molar-refractivity contribution >= 4 is 46.8 Å². The lowest BCUT2D eigenvalue weighted by Crippen LogP contribution is -2.60. The maximum Gasteiger partial charge on any atom is 0.253 e. The maximum atomic E-state index is 13.7. The number of phenolic OH excluding ortho intramolecular Hbond substituents is 1. The quantitative estimate of drug-likeness (QED) is 0.355. The summed E-state index contributed by atoms with van der Waals surface area (Å²) in [6.07, 6.45) is 2.00. The number of amides is 4. The highest BCUT2D eigenvalue weighted by Crippen LogP contribution is 2.66. The van der Waals surface area contributed by atoms with Crippen molar-refractivity contribution in [1.29, 1.82) is 0 Å². The minimum Gasteiger partial charge on any atom is -0.508 e. The summed E-state index contributed by atoms with van der Waals surface area (Å²) < 4.78 is 5.53. The van der Waals surface area contributed by atoms with Gasteiger partial charge in [-0.15, -0.1) is 23.2 Å². The van der Waals surface area contributed by atoms with Gasteiger partial charge in [-0.25, -0.2) is 0 Å². The van der Waals surface area contributed by atoms with E-state index in [-0.39, 0.29) is 41.7 Å². The monoisotopic (exact) mass is 534 g/mol. The van der Waals surface area contributed by atoms with Crippen molar-refractivity contribution in [2.45, 2.75) is 54.8 Å². The number of carbonyl (C=O) groups excluding carboxylic acids is 4. The minimum absolute atomic E-state index is 0.0939. The van der Waals surface area contributed by atoms with Crippen molar-refractivity contribution in [3.63, 3.8) is 0 Å². The van der Waals surface area contributed by atoms with E-state index in [0.29, 0.717) is 5.57 Å². The fourth-order valence-corrected chi connectivity index (χ4v) is 7.73. The van der Waals surface area contributed by atoms with E-state index in [2.05, 4.69) is 0 Å². The zero-order valence-corrected chi connectivity index (χ0v) is 22.2. The summed E-state index contributed by atoms with van der Waals surface area (Å²) in [6, 6.07) is 4.66. The van der Waals surface area contributed by atoms with Crippen molar-refractivity contribution in [3.8, 4) is 11.5 Å². The number of rotatable bonds is 2. The summed E-state index contributed by atoms with van der Waals surface area (Å²) in [5.74, 6) is -4.95. The van der Waals surface area contributed by atoms with Crippen molar-refractivity contribution in [2.24, 2.45) is 17.8 Å². The van der Waals surface area contributed by atoms with Gasteiger partial charge in [0.25, 0.3) is 11.8 Å². The first-order chi connectivity index (χ1) is 16.7. The standard InChI is InChI=1S/C26H28Cl2N2O6/c1-24(2,3)30-20(32)13-10-9-12-14(17(13)21(30)33)11-25(27)22(34)29(4)23(35)26(25,28)19(12)18-15(31)7-6-8-16(18)36-5/h6-9,13-14,17,19,31H,10-11H2,1-5H3/t13-,14+,17-,19+,25+,26-/m0/s1. The first kappa shape index (κ1) is 25.1. The number of methoxy groups -OCH3 is 1. The largest absolute Gasteiger partial charge is 0.508 e. The summed E-state index contributed by atoms with van der Waals surface area (Å²) in [7, 11) is 2.75. The molecule has 5 rings (SSSR count). The molecule has 3 fully saturated rings. The van der Waals surface area contributed by atoms with E-state index >= 15 is 0 Å². The Labute approximate surface area is 219 Å². The number of halogens is 2. The summed E-state index contributed by atoms with van der Waals surface area (Å²) in [5.41, 5.74) is 0.0977. The van der Waals surface area contributed by atoms with Gasteiger partial charge >= 0.3 is 0 Å². The summed E-state index contributed by atoms with van der Waals surface area (Å²) >= 11 is 14.2. The van der Waals surface area contributed by atoms with Gasteiger partial charge in [-0.05, 0) is 51.7 Å². The predicted molar refractivity (Wildman–Crippen MR) is 132 cm³/mol. The number of allylic oxidation sites excluding steroid dienone is 2. The highest BCUT2D eigenvalue weighted by atomic mass is 35.5. The Balaban J connectivity index is 1.77. The van der Waals surface area contributed by atoms with Crippen LogP contribution in [-0.4, -0.2) is 68.0 Å². The van der Waals surface area contributed by atoms with Gasteiger partial charge in [-0.3, -0.25) is 29.0 Å². The Morgan fingerprint density at radius 2 is 1.72 bits per heavy atom. The summed E-state index contributed by atoms with van der Waals surface area (Å²) in [5, 5.41) is 11.0. The van der Waals surface area contributed by atoms with E-state index in [0.717, 1.165) is 4.90 Å². The third-order valence-electron chi connectivity index (χ3n) is 8.24. The number of carbonyl (C=O) groups is 4. The van der Waals surface area contributed by atoms with Crippen LogP contribution in [0.2, 0.25) is 0 Å². The van der Waals surface area contributed by atoms with Crippen LogP contribution in [0, 0.1) is 17.8 Å². The van der Waals surface area contributed by atoms with Crippen LogP contribution in [0.25, 0.3) is 0 Å². The second-order valence-electron chi connectivity index (χ2n) is 11.1. The summed E-state index contributed by atoms with van der Waals surface area (Å²) in [4.78, 5) is 52.4. The Hall–Kier alpha value is -2.58. The second-order valence-corrected chi connectivity index (χ2v) is 12.3. The van der Waals surface area contributed by atoms with Crippen LogP contribution >= 0.6 is 23.2 Å². The molecule has 2 aliphatic heterocycles. The van der Waals surface area contributed by atoms with Gasteiger partial charge in [0.1, 0.15) is 11.5 Å². The van der Waals surface area contributed by atoms with Crippen LogP contribution in [0.5, 0.6) is 11.5 Å². The highest BCUT2D eigenvalue weighted by Gasteiger charge is 2.76. The van der Waals surface area contributed by atoms with E-state index in [1.54, 1.807) is 32.9 Å². The molecular formula is C26H28Cl2N2O6. The zero-order valence-electron chi connectivity index (χ0n) is 20.7. The Bertz CT molecular complexity index is 1260. The zero-order chi connectivity index (χ0) is 26.5. The van der Waals surface area contributed by atoms with Crippen LogP contribution in [-0.2, 0) is 19.2 Å². The Morgan fingerprint density at radius 3 is 2.33 bits per heavy atom. The molecule has 2 saturated heterocycles. The van der Waals surface area contributed by atoms with E-state index in [1.165, 1.54) is 25.1 Å². The molecule has 0 radical (unpaired) electrons. The minimum atomic E-state index is -1.98. The van der Waals surface area contributed by atoms with Crippen LogP contribution in [0.4, 0.5) is 0 Å². The normalized spacial score (nSPS) is 36.0. The highest BCUT2D eigenvalue weighted by molar-refractivity contribution is 6.53. The molecule has 192 valence electrons. The van der Waals surface area contributed by atoms with E-state index in [1.807, 2.05) is 6.08 Å². The molecule has 10 heteroatoms. The molecule has 36 heavy (non-hydrogen) atoms. The molecule has 4 aliphatic rings. The average Bonchev–Trinajstić information content (AvgIpc) is 3.14. The van der Waals surface area contributed by atoms with Crippen molar-refractivity contribution < 1.29 is 29.0 Å². The average molecular weight is 535 g/mol. The fourth-order valence-electron chi connectivity index (χ4n) is 6.72. The number of imide groups is 2. The van der Waals surface area contributed by atoms with Gasteiger partial charge in [0.05, 0.1) is 18.9 Å². The van der Waals surface area contributed by atoms with E-state index in [9.17, 15) is 24.3 Å². The molecule has 1 N–H and O–H groups in total. The van der Waals surface area contributed by atoms with Crippen LogP contribution in [0.15, 0.2) is 29.8 Å². The van der Waals surface area contributed by atoms with Crippen LogP contribution < -0.4 is 4.74 Å². The number of likely N-dealkylation sites (tertiary alicyclic amines) is 2. The molecule has 0 aromatic heterocycles. The molecule has 1 aromatic carbocycles. The number of fused-ring (bicyclic) bond motifs is 4. The molecule has 6 atom stereocenters. The van der Waals surface area contributed by atoms with Crippen molar-refractivity contribution in [3.05, 3.63) is 35.4 Å². The lowest BCUT2D eigenvalue weighted by molar-refractivity contribution is -0.146. The number of alkyl halides is 2. The van der Waals surface area contributed by atoms with Gasteiger partial charge < -0.3 is 9.84 Å². The van der Waals surface area contributed by atoms with Gasteiger partial charge in [-0.1, -0.05) is 17.7 Å². The third-order valence-corrected chi connectivity index (χ3v) is 9.65. The maximum absolute atomic E-state index is 13.7. The van der Waals surface area contributed by atoms with Gasteiger partial charge in [0.15, 0.2) is 9.75 Å². The van der Waals surface area contributed by atoms with Crippen molar-refractivity contribution in [1.82, 2.24) is 9.80 Å². The number of nitrogens with zero attached hydrogens (tertiary/aromatic N) is 2. The SMILES string of the molecule is COc1cccc(O)c1[C@H]1C2=CC[C@@H]3C(=O)N(C(C)(C)C)C(=O)[C@@H]3[C@@H]2C[C@@]2(Cl)C(=O)N(C)C(=O)[C@@]12Cl. The Morgan fingerprint density at radius 1 is 1.06 bits per heavy atom. The molecule has 0 bridgehead atoms. The number of aromatic hydroxyl groups is 1. The van der Waals surface area contributed by atoms with Crippen LogP contribution in [0.1, 0.15) is 45.1 Å². The molecule has 0 spiro atoms. The number of benzene rings is 1. The number of ether oxygens (including phenoxy) is 1. The molecule has 1 saturated carbocycles. The van der Waals surface area contributed by atoms with E-state index < -0.39 is 50.8 Å². The lowest BCUT2D eigenvalue weighted by Gasteiger charge is -2.51. The van der Waals surface area contributed by atoms with Gasteiger partial charge in [-0.2, -0.15) is 0 Å². The second kappa shape index (κ2) is 7.71. The molecule has 2 aliphatic carbocycles. The van der Waals surface area contributed by atoms with Crippen molar-refractivity contribution in [2.75, 3.05) is 14.2 Å². The molecule has 1 aromatic rings.